The van der Waals surface area contributed by atoms with E-state index < -0.39 is 0 Å². The summed E-state index contributed by atoms with van der Waals surface area (Å²) in [4.78, 5) is 15.9. The standard InChI is InChI=1S/C14H19ClN2O2/c1-16(10-12-3-2-4-13(15)9-12)11-14(18)17-5-7-19-8-6-17/h2-4,9H,5-8,10-11H2,1H3. The molecule has 0 aliphatic carbocycles. The lowest BCUT2D eigenvalue weighted by atomic mass is 10.2. The van der Waals surface area contributed by atoms with Crippen molar-refractivity contribution < 1.29 is 9.53 Å². The molecule has 0 spiro atoms. The van der Waals surface area contributed by atoms with Crippen molar-refractivity contribution in [2.24, 2.45) is 0 Å². The second kappa shape index (κ2) is 6.89. The van der Waals surface area contributed by atoms with E-state index in [4.69, 9.17) is 16.3 Å². The van der Waals surface area contributed by atoms with E-state index >= 15 is 0 Å². The third kappa shape index (κ3) is 4.49. The summed E-state index contributed by atoms with van der Waals surface area (Å²) in [6.45, 7) is 3.82. The van der Waals surface area contributed by atoms with Gasteiger partial charge in [0, 0.05) is 24.7 Å². The summed E-state index contributed by atoms with van der Waals surface area (Å²) in [5.74, 6) is 0.160. The predicted molar refractivity (Wildman–Crippen MR) is 75.2 cm³/mol. The number of ether oxygens (including phenoxy) is 1. The molecule has 0 N–H and O–H groups in total. The first kappa shape index (κ1) is 14.3. The Balaban J connectivity index is 1.83. The van der Waals surface area contributed by atoms with Gasteiger partial charge in [-0.15, -0.1) is 0 Å². The zero-order valence-electron chi connectivity index (χ0n) is 11.1. The molecule has 0 bridgehead atoms. The maximum Gasteiger partial charge on any atom is 0.236 e. The molecule has 0 aromatic heterocycles. The Morgan fingerprint density at radius 2 is 2.16 bits per heavy atom. The zero-order valence-corrected chi connectivity index (χ0v) is 11.9. The predicted octanol–water partition coefficient (Wildman–Crippen LogP) is 1.63. The van der Waals surface area contributed by atoms with Gasteiger partial charge in [-0.3, -0.25) is 9.69 Å². The van der Waals surface area contributed by atoms with Crippen LogP contribution in [0.25, 0.3) is 0 Å². The maximum absolute atomic E-state index is 12.1. The first-order valence-corrected chi connectivity index (χ1v) is 6.81. The van der Waals surface area contributed by atoms with Gasteiger partial charge in [0.15, 0.2) is 0 Å². The molecule has 0 unspecified atom stereocenters. The fourth-order valence-electron chi connectivity index (χ4n) is 2.15. The normalized spacial score (nSPS) is 15.8. The fourth-order valence-corrected chi connectivity index (χ4v) is 2.36. The number of amides is 1. The van der Waals surface area contributed by atoms with Gasteiger partial charge >= 0.3 is 0 Å². The zero-order chi connectivity index (χ0) is 13.7. The molecule has 104 valence electrons. The number of halogens is 1. The van der Waals surface area contributed by atoms with Gasteiger partial charge in [0.1, 0.15) is 0 Å². The Kier molecular flexibility index (Phi) is 5.19. The van der Waals surface area contributed by atoms with E-state index in [1.165, 1.54) is 0 Å². The van der Waals surface area contributed by atoms with Gasteiger partial charge in [-0.2, -0.15) is 0 Å². The molecule has 19 heavy (non-hydrogen) atoms. The second-order valence-corrected chi connectivity index (χ2v) is 5.23. The summed E-state index contributed by atoms with van der Waals surface area (Å²) in [6, 6.07) is 7.72. The highest BCUT2D eigenvalue weighted by Crippen LogP contribution is 2.12. The number of likely N-dealkylation sites (N-methyl/N-ethyl adjacent to an activating group) is 1. The van der Waals surface area contributed by atoms with Crippen molar-refractivity contribution in [1.29, 1.82) is 0 Å². The summed E-state index contributed by atoms with van der Waals surface area (Å²) in [5.41, 5.74) is 1.12. The van der Waals surface area contributed by atoms with E-state index in [0.717, 1.165) is 17.1 Å². The van der Waals surface area contributed by atoms with Crippen LogP contribution in [0, 0.1) is 0 Å². The minimum Gasteiger partial charge on any atom is -0.378 e. The summed E-state index contributed by atoms with van der Waals surface area (Å²) in [5, 5.41) is 0.727. The van der Waals surface area contributed by atoms with Crippen molar-refractivity contribution in [3.63, 3.8) is 0 Å². The smallest absolute Gasteiger partial charge is 0.236 e. The number of nitrogens with zero attached hydrogens (tertiary/aromatic N) is 2. The van der Waals surface area contributed by atoms with E-state index in [1.807, 2.05) is 41.1 Å². The van der Waals surface area contributed by atoms with Crippen molar-refractivity contribution in [2.45, 2.75) is 6.54 Å². The Labute approximate surface area is 118 Å². The average Bonchev–Trinajstić information content (AvgIpc) is 2.39. The van der Waals surface area contributed by atoms with Gasteiger partial charge in [0.2, 0.25) is 5.91 Å². The van der Waals surface area contributed by atoms with Crippen LogP contribution in [0.2, 0.25) is 5.02 Å². The van der Waals surface area contributed by atoms with Crippen LogP contribution in [0.1, 0.15) is 5.56 Å². The molecular formula is C14H19ClN2O2. The Morgan fingerprint density at radius 1 is 1.42 bits per heavy atom. The summed E-state index contributed by atoms with van der Waals surface area (Å²) < 4.78 is 5.24. The third-order valence-electron chi connectivity index (χ3n) is 3.11. The fraction of sp³-hybridized carbons (Fsp3) is 0.500. The number of rotatable bonds is 4. The molecule has 2 rings (SSSR count). The van der Waals surface area contributed by atoms with Crippen LogP contribution in [0.3, 0.4) is 0 Å². The highest BCUT2D eigenvalue weighted by Gasteiger charge is 2.18. The number of benzene rings is 1. The van der Waals surface area contributed by atoms with Crippen LogP contribution in [-0.2, 0) is 16.1 Å². The van der Waals surface area contributed by atoms with Gasteiger partial charge in [0.05, 0.1) is 19.8 Å². The highest BCUT2D eigenvalue weighted by atomic mass is 35.5. The number of carbonyl (C=O) groups is 1. The van der Waals surface area contributed by atoms with E-state index in [-0.39, 0.29) is 5.91 Å². The summed E-state index contributed by atoms with van der Waals surface area (Å²) >= 11 is 5.95. The first-order valence-electron chi connectivity index (χ1n) is 6.43. The highest BCUT2D eigenvalue weighted by molar-refractivity contribution is 6.30. The molecule has 1 saturated heterocycles. The molecule has 1 aromatic carbocycles. The summed E-state index contributed by atoms with van der Waals surface area (Å²) in [7, 11) is 1.94. The lowest BCUT2D eigenvalue weighted by molar-refractivity contribution is -0.136. The molecule has 1 amide bonds. The molecule has 0 radical (unpaired) electrons. The minimum absolute atomic E-state index is 0.160. The first-order chi connectivity index (χ1) is 9.15. The monoisotopic (exact) mass is 282 g/mol. The largest absolute Gasteiger partial charge is 0.378 e. The Bertz CT molecular complexity index is 433. The topological polar surface area (TPSA) is 32.8 Å². The third-order valence-corrected chi connectivity index (χ3v) is 3.35. The number of morpholine rings is 1. The summed E-state index contributed by atoms with van der Waals surface area (Å²) in [6.07, 6.45) is 0. The van der Waals surface area contributed by atoms with Gasteiger partial charge in [-0.05, 0) is 24.7 Å². The average molecular weight is 283 g/mol. The lowest BCUT2D eigenvalue weighted by Crippen LogP contribution is -2.44. The Hall–Kier alpha value is -1.10. The van der Waals surface area contributed by atoms with E-state index in [0.29, 0.717) is 32.8 Å². The van der Waals surface area contributed by atoms with Gasteiger partial charge in [0.25, 0.3) is 0 Å². The molecule has 0 saturated carbocycles. The molecule has 1 heterocycles. The molecular weight excluding hydrogens is 264 g/mol. The minimum atomic E-state index is 0.160. The van der Waals surface area contributed by atoms with E-state index in [1.54, 1.807) is 0 Å². The number of carbonyl (C=O) groups excluding carboxylic acids is 1. The van der Waals surface area contributed by atoms with Crippen molar-refractivity contribution in [3.05, 3.63) is 34.9 Å². The van der Waals surface area contributed by atoms with Crippen molar-refractivity contribution in [3.8, 4) is 0 Å². The van der Waals surface area contributed by atoms with Gasteiger partial charge in [-0.1, -0.05) is 23.7 Å². The molecule has 5 heteroatoms. The molecule has 0 atom stereocenters. The molecule has 4 nitrogen and oxygen atoms in total. The van der Waals surface area contributed by atoms with E-state index in [9.17, 15) is 4.79 Å². The maximum atomic E-state index is 12.1. The quantitative estimate of drug-likeness (QED) is 0.841. The van der Waals surface area contributed by atoms with Crippen molar-refractivity contribution in [1.82, 2.24) is 9.80 Å². The van der Waals surface area contributed by atoms with E-state index in [2.05, 4.69) is 0 Å². The van der Waals surface area contributed by atoms with Crippen LogP contribution >= 0.6 is 11.6 Å². The lowest BCUT2D eigenvalue weighted by Gasteiger charge is -2.28. The Morgan fingerprint density at radius 3 is 2.84 bits per heavy atom. The SMILES string of the molecule is CN(CC(=O)N1CCOCC1)Cc1cccc(Cl)c1. The van der Waals surface area contributed by atoms with Crippen LogP contribution < -0.4 is 0 Å². The second-order valence-electron chi connectivity index (χ2n) is 4.80. The van der Waals surface area contributed by atoms with Crippen molar-refractivity contribution in [2.75, 3.05) is 39.9 Å². The molecule has 1 aliphatic rings. The van der Waals surface area contributed by atoms with Crippen LogP contribution in [0.5, 0.6) is 0 Å². The molecule has 1 aromatic rings. The van der Waals surface area contributed by atoms with Crippen LogP contribution in [0.4, 0.5) is 0 Å². The number of hydrogen-bond acceptors (Lipinski definition) is 3. The molecule has 1 aliphatic heterocycles. The van der Waals surface area contributed by atoms with Crippen molar-refractivity contribution >= 4 is 17.5 Å². The van der Waals surface area contributed by atoms with Gasteiger partial charge in [-0.25, -0.2) is 0 Å². The van der Waals surface area contributed by atoms with Gasteiger partial charge < -0.3 is 9.64 Å². The van der Waals surface area contributed by atoms with Crippen LogP contribution in [-0.4, -0.2) is 55.6 Å². The number of hydrogen-bond donors (Lipinski definition) is 0. The van der Waals surface area contributed by atoms with Crippen LogP contribution in [0.15, 0.2) is 24.3 Å². The molecule has 1 fully saturated rings.